The Morgan fingerprint density at radius 3 is 1.79 bits per heavy atom. The maximum Gasteiger partial charge on any atom is 0.123 e. The number of nitrogens with zero attached hydrogens (tertiary/aromatic N) is 2. The highest BCUT2D eigenvalue weighted by Gasteiger charge is 2.31. The van der Waals surface area contributed by atoms with Crippen molar-refractivity contribution in [2.24, 2.45) is 5.92 Å². The normalized spacial score (nSPS) is 16.5. The van der Waals surface area contributed by atoms with Gasteiger partial charge in [-0.1, -0.05) is 104 Å². The highest BCUT2D eigenvalue weighted by atomic mass is 19.1. The van der Waals surface area contributed by atoms with Crippen molar-refractivity contribution >= 4 is 34.0 Å². The van der Waals surface area contributed by atoms with Gasteiger partial charge < -0.3 is 9.13 Å². The van der Waals surface area contributed by atoms with Crippen molar-refractivity contribution in [3.8, 4) is 33.6 Å². The summed E-state index contributed by atoms with van der Waals surface area (Å²) in [4.78, 5) is 0. The molecule has 0 saturated heterocycles. The molecule has 8 aromatic rings. The van der Waals surface area contributed by atoms with Crippen LogP contribution in [0, 0.1) is 17.6 Å². The van der Waals surface area contributed by atoms with Crippen molar-refractivity contribution in [2.75, 3.05) is 0 Å². The lowest BCUT2D eigenvalue weighted by Crippen LogP contribution is -2.16. The fourth-order valence-electron chi connectivity index (χ4n) is 8.83. The summed E-state index contributed by atoms with van der Waals surface area (Å²) in [6, 6.07) is 48.0. The van der Waals surface area contributed by atoms with Gasteiger partial charge in [0.05, 0.1) is 11.0 Å². The lowest BCUT2D eigenvalue weighted by atomic mass is 9.78. The molecule has 2 nitrogen and oxygen atoms in total. The third kappa shape index (κ3) is 5.28. The van der Waals surface area contributed by atoms with Crippen LogP contribution in [-0.2, 0) is 6.42 Å². The Kier molecular flexibility index (Phi) is 7.40. The molecular formula is C49H36F2N2. The number of hydrogen-bond acceptors (Lipinski definition) is 0. The summed E-state index contributed by atoms with van der Waals surface area (Å²) in [6.07, 6.45) is 9.14. The quantitative estimate of drug-likeness (QED) is 0.170. The van der Waals surface area contributed by atoms with E-state index in [1.165, 1.54) is 74.3 Å². The molecule has 2 unspecified atom stereocenters. The first-order valence-corrected chi connectivity index (χ1v) is 18.4. The van der Waals surface area contributed by atoms with Gasteiger partial charge in [0, 0.05) is 50.9 Å². The SMILES string of the molecule is CC1CC(C2C=Cc3c(c4ccccc4n3-c3ccccc3)C2)=Cc2c1n(-c1cc(-c3ccc(F)cc3)cc(-c3ccc(F)cc3)c1)c1ccccc21. The molecule has 2 aliphatic carbocycles. The first-order chi connectivity index (χ1) is 26.0. The molecule has 2 aliphatic rings. The van der Waals surface area contributed by atoms with Crippen molar-refractivity contribution in [3.05, 3.63) is 191 Å². The Hall–Kier alpha value is -6.26. The summed E-state index contributed by atoms with van der Waals surface area (Å²) in [7, 11) is 0. The largest absolute Gasteiger partial charge is 0.313 e. The minimum Gasteiger partial charge on any atom is -0.313 e. The number of allylic oxidation sites excluding steroid dienone is 2. The van der Waals surface area contributed by atoms with Crippen molar-refractivity contribution in [1.29, 1.82) is 0 Å². The van der Waals surface area contributed by atoms with Gasteiger partial charge in [0.15, 0.2) is 0 Å². The summed E-state index contributed by atoms with van der Waals surface area (Å²) in [6.45, 7) is 2.35. The summed E-state index contributed by atoms with van der Waals surface area (Å²) < 4.78 is 32.9. The van der Waals surface area contributed by atoms with Crippen LogP contribution in [0.2, 0.25) is 0 Å². The molecule has 0 aliphatic heterocycles. The van der Waals surface area contributed by atoms with Crippen LogP contribution in [0.1, 0.15) is 41.8 Å². The maximum absolute atomic E-state index is 14.0. The smallest absolute Gasteiger partial charge is 0.123 e. The van der Waals surface area contributed by atoms with Gasteiger partial charge in [-0.05, 0) is 113 Å². The molecule has 0 radical (unpaired) electrons. The van der Waals surface area contributed by atoms with Gasteiger partial charge in [-0.15, -0.1) is 0 Å². The monoisotopic (exact) mass is 690 g/mol. The Morgan fingerprint density at radius 1 is 0.547 bits per heavy atom. The van der Waals surface area contributed by atoms with E-state index in [1.807, 2.05) is 24.3 Å². The van der Waals surface area contributed by atoms with Crippen LogP contribution >= 0.6 is 0 Å². The van der Waals surface area contributed by atoms with E-state index in [9.17, 15) is 8.78 Å². The number of fused-ring (bicyclic) bond motifs is 6. The molecule has 0 bridgehead atoms. The molecule has 10 rings (SSSR count). The van der Waals surface area contributed by atoms with Gasteiger partial charge in [0.2, 0.25) is 0 Å². The van der Waals surface area contributed by atoms with Crippen LogP contribution < -0.4 is 0 Å². The molecule has 53 heavy (non-hydrogen) atoms. The predicted octanol–water partition coefficient (Wildman–Crippen LogP) is 13.0. The maximum atomic E-state index is 14.0. The fraction of sp³-hybridized carbons (Fsp3) is 0.102. The van der Waals surface area contributed by atoms with Crippen molar-refractivity contribution in [3.63, 3.8) is 0 Å². The standard InChI is InChI=1S/C49H36F2N2/c1-31-25-35(34-19-24-48-44(29-34)42-11-5-7-13-46(42)52(48)40-9-3-2-4-10-40)30-45-43-12-6-8-14-47(43)53(49(31)45)41-27-36(32-15-20-38(50)21-16-32)26-37(28-41)33-17-22-39(51)23-18-33/h2-24,26-28,30-31,34H,25,29H2,1H3. The van der Waals surface area contributed by atoms with Gasteiger partial charge in [-0.2, -0.15) is 0 Å². The Balaban J connectivity index is 1.11. The highest BCUT2D eigenvalue weighted by molar-refractivity contribution is 5.95. The fourth-order valence-corrected chi connectivity index (χ4v) is 8.83. The van der Waals surface area contributed by atoms with E-state index < -0.39 is 0 Å². The minimum absolute atomic E-state index is 0.251. The topological polar surface area (TPSA) is 9.86 Å². The number of para-hydroxylation sites is 3. The summed E-state index contributed by atoms with van der Waals surface area (Å²) in [5, 5.41) is 2.55. The molecule has 0 amide bonds. The van der Waals surface area contributed by atoms with Crippen LogP contribution in [0.25, 0.3) is 67.6 Å². The first kappa shape index (κ1) is 31.5. The summed E-state index contributed by atoms with van der Waals surface area (Å²) in [5.41, 5.74) is 15.1. The number of rotatable bonds is 5. The minimum atomic E-state index is -0.267. The molecule has 0 spiro atoms. The van der Waals surface area contributed by atoms with Crippen LogP contribution in [0.15, 0.2) is 157 Å². The van der Waals surface area contributed by atoms with Crippen molar-refractivity contribution in [2.45, 2.75) is 25.7 Å². The molecular weight excluding hydrogens is 655 g/mol. The van der Waals surface area contributed by atoms with Crippen molar-refractivity contribution < 1.29 is 8.78 Å². The number of halogens is 2. The second-order valence-corrected chi connectivity index (χ2v) is 14.5. The zero-order valence-corrected chi connectivity index (χ0v) is 29.3. The highest BCUT2D eigenvalue weighted by Crippen LogP contribution is 2.46. The molecule has 0 fully saturated rings. The van der Waals surface area contributed by atoms with Crippen molar-refractivity contribution in [1.82, 2.24) is 9.13 Å². The van der Waals surface area contributed by atoms with E-state index in [0.717, 1.165) is 46.3 Å². The second-order valence-electron chi connectivity index (χ2n) is 14.5. The molecule has 2 aromatic heterocycles. The van der Waals surface area contributed by atoms with Gasteiger partial charge in [0.25, 0.3) is 0 Å². The van der Waals surface area contributed by atoms with Gasteiger partial charge >= 0.3 is 0 Å². The molecule has 4 heteroatoms. The van der Waals surface area contributed by atoms with Gasteiger partial charge in [-0.25, -0.2) is 8.78 Å². The Labute approximate surface area is 307 Å². The molecule has 6 aromatic carbocycles. The van der Waals surface area contributed by atoms with Crippen LogP contribution in [0.4, 0.5) is 8.78 Å². The second kappa shape index (κ2) is 12.5. The first-order valence-electron chi connectivity index (χ1n) is 18.4. The lowest BCUT2D eigenvalue weighted by Gasteiger charge is -2.29. The zero-order chi connectivity index (χ0) is 35.6. The summed E-state index contributed by atoms with van der Waals surface area (Å²) >= 11 is 0. The van der Waals surface area contributed by atoms with E-state index >= 15 is 0 Å². The van der Waals surface area contributed by atoms with E-state index in [1.54, 1.807) is 0 Å². The number of benzene rings is 6. The average molecular weight is 691 g/mol. The summed E-state index contributed by atoms with van der Waals surface area (Å²) in [5.74, 6) is 0.0109. The Bertz CT molecular complexity index is 2680. The molecule has 0 N–H and O–H groups in total. The van der Waals surface area contributed by atoms with E-state index in [-0.39, 0.29) is 17.6 Å². The van der Waals surface area contributed by atoms with Crippen LogP contribution in [0.3, 0.4) is 0 Å². The molecule has 256 valence electrons. The van der Waals surface area contributed by atoms with Gasteiger partial charge in [0.1, 0.15) is 11.6 Å². The average Bonchev–Trinajstić information content (AvgIpc) is 3.72. The predicted molar refractivity (Wildman–Crippen MR) is 215 cm³/mol. The van der Waals surface area contributed by atoms with E-state index in [0.29, 0.717) is 5.92 Å². The number of aromatic nitrogens is 2. The third-order valence-electron chi connectivity index (χ3n) is 11.2. The zero-order valence-electron chi connectivity index (χ0n) is 29.3. The third-order valence-corrected chi connectivity index (χ3v) is 11.2. The van der Waals surface area contributed by atoms with E-state index in [2.05, 4.69) is 131 Å². The van der Waals surface area contributed by atoms with Crippen LogP contribution in [-0.4, -0.2) is 9.13 Å². The Morgan fingerprint density at radius 2 is 1.13 bits per heavy atom. The number of hydrogen-bond donors (Lipinski definition) is 0. The van der Waals surface area contributed by atoms with Gasteiger partial charge in [-0.3, -0.25) is 0 Å². The molecule has 2 atom stereocenters. The molecule has 2 heterocycles. The van der Waals surface area contributed by atoms with E-state index in [4.69, 9.17) is 0 Å². The molecule has 0 saturated carbocycles. The lowest BCUT2D eigenvalue weighted by molar-refractivity contribution is 0.627. The van der Waals surface area contributed by atoms with Crippen LogP contribution in [0.5, 0.6) is 0 Å².